The Morgan fingerprint density at radius 2 is 1.57 bits per heavy atom. The van der Waals surface area contributed by atoms with Gasteiger partial charge in [-0.1, -0.05) is 36.4 Å². The summed E-state index contributed by atoms with van der Waals surface area (Å²) in [7, 11) is 2.98. The van der Waals surface area contributed by atoms with Crippen LogP contribution in [0.4, 0.5) is 13.2 Å². The van der Waals surface area contributed by atoms with Crippen molar-refractivity contribution in [1.29, 1.82) is 0 Å². The quantitative estimate of drug-likeness (QED) is 0.191. The third-order valence-electron chi connectivity index (χ3n) is 4.99. The van der Waals surface area contributed by atoms with E-state index in [9.17, 15) is 23.3 Å². The second-order valence-corrected chi connectivity index (χ2v) is 7.32. The van der Waals surface area contributed by atoms with Gasteiger partial charge in [-0.15, -0.1) is 0 Å². The van der Waals surface area contributed by atoms with Gasteiger partial charge in [-0.3, -0.25) is 10.1 Å². The zero-order valence-corrected chi connectivity index (χ0v) is 18.9. The first-order valence-corrected chi connectivity index (χ1v) is 10.3. The van der Waals surface area contributed by atoms with Crippen molar-refractivity contribution in [1.82, 2.24) is 0 Å². The number of ether oxygens (including phenoxy) is 3. The average molecular weight is 485 g/mol. The number of hydrogen-bond donors (Lipinski definition) is 0. The summed E-state index contributed by atoms with van der Waals surface area (Å²) in [5, 5.41) is 10.8. The van der Waals surface area contributed by atoms with E-state index in [1.54, 1.807) is 30.3 Å². The fraction of sp³-hybridized carbons (Fsp3) is 0.154. The maximum atomic E-state index is 12.7. The van der Waals surface area contributed by atoms with Crippen LogP contribution in [0.2, 0.25) is 0 Å². The molecule has 0 heterocycles. The van der Waals surface area contributed by atoms with Crippen LogP contribution in [0.3, 0.4) is 0 Å². The number of rotatable bonds is 9. The van der Waals surface area contributed by atoms with E-state index in [-0.39, 0.29) is 6.61 Å². The summed E-state index contributed by atoms with van der Waals surface area (Å²) in [4.78, 5) is 10.2. The van der Waals surface area contributed by atoms with Gasteiger partial charge in [-0.2, -0.15) is 13.2 Å². The first-order chi connectivity index (χ1) is 16.7. The van der Waals surface area contributed by atoms with Gasteiger partial charge in [-0.25, -0.2) is 0 Å². The van der Waals surface area contributed by atoms with Crippen molar-refractivity contribution in [2.75, 3.05) is 14.2 Å². The highest BCUT2D eigenvalue weighted by Crippen LogP contribution is 2.32. The van der Waals surface area contributed by atoms with Crippen molar-refractivity contribution < 1.29 is 32.3 Å². The van der Waals surface area contributed by atoms with Crippen LogP contribution in [0.25, 0.3) is 18.2 Å². The Morgan fingerprint density at radius 1 is 0.886 bits per heavy atom. The van der Waals surface area contributed by atoms with Crippen molar-refractivity contribution in [3.05, 3.63) is 105 Å². The second kappa shape index (κ2) is 11.2. The predicted octanol–water partition coefficient (Wildman–Crippen LogP) is 6.72. The van der Waals surface area contributed by atoms with E-state index in [2.05, 4.69) is 0 Å². The molecule has 9 heteroatoms. The summed E-state index contributed by atoms with van der Waals surface area (Å²) in [5.41, 5.74) is 1.92. The van der Waals surface area contributed by atoms with E-state index in [1.807, 2.05) is 18.2 Å². The molecule has 0 amide bonds. The number of methoxy groups -OCH3 is 2. The molecule has 3 rings (SSSR count). The molecule has 0 radical (unpaired) electrons. The number of alkyl halides is 3. The summed E-state index contributed by atoms with van der Waals surface area (Å²) >= 11 is 0. The standard InChI is InChI=1S/C26H22F3NO5/c1-33-23-15-20(24(13-14-30(31)32)25(16-23)34-2)8-3-18-6-11-22(12-7-18)35-17-19-4-9-21(10-5-19)26(27,28)29/h3-16H,17H2,1-2H3/b8-3+,14-13+. The zero-order chi connectivity index (χ0) is 25.4. The Labute approximate surface area is 200 Å². The number of hydrogen-bond acceptors (Lipinski definition) is 5. The first kappa shape index (κ1) is 25.4. The van der Waals surface area contributed by atoms with Gasteiger partial charge in [0.1, 0.15) is 23.9 Å². The molecule has 0 saturated carbocycles. The number of nitro groups is 1. The Hall–Kier alpha value is -4.27. The largest absolute Gasteiger partial charge is 0.497 e. The molecule has 3 aromatic carbocycles. The van der Waals surface area contributed by atoms with Crippen molar-refractivity contribution >= 4 is 18.2 Å². The van der Waals surface area contributed by atoms with E-state index in [0.717, 1.165) is 23.9 Å². The zero-order valence-electron chi connectivity index (χ0n) is 18.9. The molecule has 0 N–H and O–H groups in total. The van der Waals surface area contributed by atoms with Crippen LogP contribution >= 0.6 is 0 Å². The lowest BCUT2D eigenvalue weighted by Crippen LogP contribution is -2.05. The van der Waals surface area contributed by atoms with Crippen LogP contribution in [0.5, 0.6) is 17.2 Å². The lowest BCUT2D eigenvalue weighted by atomic mass is 10.0. The van der Waals surface area contributed by atoms with Gasteiger partial charge >= 0.3 is 6.18 Å². The molecule has 0 aliphatic heterocycles. The fourth-order valence-corrected chi connectivity index (χ4v) is 3.18. The van der Waals surface area contributed by atoms with Gasteiger partial charge in [0.15, 0.2) is 0 Å². The molecule has 0 unspecified atom stereocenters. The number of halogens is 3. The summed E-state index contributed by atoms with van der Waals surface area (Å²) in [6, 6.07) is 15.3. The summed E-state index contributed by atoms with van der Waals surface area (Å²) in [6.45, 7) is 0.128. The van der Waals surface area contributed by atoms with Gasteiger partial charge in [0.25, 0.3) is 0 Å². The molecule has 3 aromatic rings. The van der Waals surface area contributed by atoms with E-state index in [1.165, 1.54) is 32.4 Å². The molecule has 6 nitrogen and oxygen atoms in total. The van der Waals surface area contributed by atoms with Crippen LogP contribution in [-0.4, -0.2) is 19.1 Å². The Kier molecular flexibility index (Phi) is 8.14. The lowest BCUT2D eigenvalue weighted by Gasteiger charge is -2.11. The maximum absolute atomic E-state index is 12.7. The molecule has 0 aliphatic carbocycles. The van der Waals surface area contributed by atoms with Gasteiger partial charge in [0.2, 0.25) is 6.20 Å². The van der Waals surface area contributed by atoms with Gasteiger partial charge in [0, 0.05) is 17.7 Å². The van der Waals surface area contributed by atoms with Crippen LogP contribution < -0.4 is 14.2 Å². The van der Waals surface area contributed by atoms with Gasteiger partial charge in [0.05, 0.1) is 24.7 Å². The summed E-state index contributed by atoms with van der Waals surface area (Å²) < 4.78 is 54.3. The SMILES string of the molecule is COc1cc(/C=C/c2ccc(OCc3ccc(C(F)(F)F)cc3)cc2)c(/C=C/[N+](=O)[O-])c(OC)c1. The van der Waals surface area contributed by atoms with E-state index >= 15 is 0 Å². The third kappa shape index (κ3) is 7.10. The topological polar surface area (TPSA) is 70.8 Å². The maximum Gasteiger partial charge on any atom is 0.416 e. The third-order valence-corrected chi connectivity index (χ3v) is 4.99. The van der Waals surface area contributed by atoms with E-state index in [0.29, 0.717) is 33.9 Å². The summed E-state index contributed by atoms with van der Waals surface area (Å²) in [6.07, 6.45) is 1.42. The van der Waals surface area contributed by atoms with Crippen molar-refractivity contribution in [2.45, 2.75) is 12.8 Å². The summed E-state index contributed by atoms with van der Waals surface area (Å²) in [5.74, 6) is 1.51. The highest BCUT2D eigenvalue weighted by atomic mass is 19.4. The number of nitrogens with zero attached hydrogens (tertiary/aromatic N) is 1. The van der Waals surface area contributed by atoms with E-state index in [4.69, 9.17) is 14.2 Å². The molecule has 0 fully saturated rings. The first-order valence-electron chi connectivity index (χ1n) is 10.3. The monoisotopic (exact) mass is 485 g/mol. The molecule has 0 atom stereocenters. The van der Waals surface area contributed by atoms with Crippen LogP contribution in [0.15, 0.2) is 66.9 Å². The Bertz CT molecular complexity index is 1220. The van der Waals surface area contributed by atoms with Crippen LogP contribution in [-0.2, 0) is 12.8 Å². The Morgan fingerprint density at radius 3 is 2.14 bits per heavy atom. The van der Waals surface area contributed by atoms with E-state index < -0.39 is 16.7 Å². The predicted molar refractivity (Wildman–Crippen MR) is 127 cm³/mol. The van der Waals surface area contributed by atoms with Gasteiger partial charge < -0.3 is 14.2 Å². The minimum absolute atomic E-state index is 0.128. The molecular formula is C26H22F3NO5. The molecular weight excluding hydrogens is 463 g/mol. The normalized spacial score (nSPS) is 11.7. The molecule has 0 bridgehead atoms. The molecule has 35 heavy (non-hydrogen) atoms. The molecule has 0 aliphatic rings. The smallest absolute Gasteiger partial charge is 0.416 e. The van der Waals surface area contributed by atoms with Crippen molar-refractivity contribution in [2.24, 2.45) is 0 Å². The van der Waals surface area contributed by atoms with Crippen molar-refractivity contribution in [3.8, 4) is 17.2 Å². The fourth-order valence-electron chi connectivity index (χ4n) is 3.18. The lowest BCUT2D eigenvalue weighted by molar-refractivity contribution is -0.400. The molecule has 0 saturated heterocycles. The van der Waals surface area contributed by atoms with Crippen molar-refractivity contribution in [3.63, 3.8) is 0 Å². The molecule has 182 valence electrons. The van der Waals surface area contributed by atoms with Crippen LogP contribution in [0.1, 0.15) is 27.8 Å². The van der Waals surface area contributed by atoms with Crippen LogP contribution in [0, 0.1) is 10.1 Å². The minimum Gasteiger partial charge on any atom is -0.497 e. The second-order valence-electron chi connectivity index (χ2n) is 7.32. The number of benzene rings is 3. The average Bonchev–Trinajstić information content (AvgIpc) is 2.85. The molecule has 0 aromatic heterocycles. The molecule has 0 spiro atoms. The Balaban J connectivity index is 1.73. The highest BCUT2D eigenvalue weighted by Gasteiger charge is 2.29. The minimum atomic E-state index is -4.37. The highest BCUT2D eigenvalue weighted by molar-refractivity contribution is 5.78. The van der Waals surface area contributed by atoms with Gasteiger partial charge in [-0.05, 0) is 47.0 Å².